The van der Waals surface area contributed by atoms with Gasteiger partial charge in [-0.3, -0.25) is 9.48 Å². The molecule has 1 heterocycles. The number of nitrogens with zero attached hydrogens (tertiary/aromatic N) is 2. The summed E-state index contributed by atoms with van der Waals surface area (Å²) in [6, 6.07) is 10.3. The molecule has 176 valence electrons. The quantitative estimate of drug-likeness (QED) is 0.468. The fraction of sp³-hybridized carbons (Fsp3) is 0.333. The van der Waals surface area contributed by atoms with Gasteiger partial charge >= 0.3 is 12.1 Å². The standard InChI is InChI=1S/C24H25F3N2O4/c1-3-20-18(12-23(31)32)21(4-2)29(28-20)13-15-5-8-17(9-6-15)33-14-16-7-10-22(30)19(11-16)24(25,26)27/h5-11,30H,3-4,12-14H2,1-2H3,(H,31,32). The van der Waals surface area contributed by atoms with Crippen LogP contribution in [-0.2, 0) is 43.4 Å². The SMILES string of the molecule is CCc1nn(Cc2ccc(OCc3ccc(O)c(C(F)(F)F)c3)cc2)c(CC)c1CC(=O)O. The second kappa shape index (κ2) is 9.97. The summed E-state index contributed by atoms with van der Waals surface area (Å²) in [5.41, 5.74) is 2.54. The van der Waals surface area contributed by atoms with E-state index in [1.807, 2.05) is 30.7 Å². The van der Waals surface area contributed by atoms with E-state index in [-0.39, 0.29) is 18.6 Å². The lowest BCUT2D eigenvalue weighted by Gasteiger charge is -2.12. The molecule has 0 spiro atoms. The number of alkyl halides is 3. The number of ether oxygens (including phenoxy) is 1. The van der Waals surface area contributed by atoms with Crippen molar-refractivity contribution in [1.29, 1.82) is 0 Å². The molecule has 9 heteroatoms. The maximum atomic E-state index is 12.9. The van der Waals surface area contributed by atoms with Gasteiger partial charge in [0.25, 0.3) is 0 Å². The van der Waals surface area contributed by atoms with E-state index in [2.05, 4.69) is 5.10 Å². The molecule has 0 saturated carbocycles. The molecule has 3 aromatic rings. The highest BCUT2D eigenvalue weighted by atomic mass is 19.4. The Bertz CT molecular complexity index is 1120. The number of aryl methyl sites for hydroxylation is 1. The predicted octanol–water partition coefficient (Wildman–Crippen LogP) is 4.99. The summed E-state index contributed by atoms with van der Waals surface area (Å²) in [5, 5.41) is 23.2. The number of phenols is 1. The largest absolute Gasteiger partial charge is 0.507 e. The van der Waals surface area contributed by atoms with Crippen LogP contribution in [0.25, 0.3) is 0 Å². The average molecular weight is 462 g/mol. The van der Waals surface area contributed by atoms with Crippen LogP contribution in [0.5, 0.6) is 11.5 Å². The molecule has 2 aromatic carbocycles. The molecule has 0 radical (unpaired) electrons. The van der Waals surface area contributed by atoms with Crippen LogP contribution in [0.15, 0.2) is 42.5 Å². The highest BCUT2D eigenvalue weighted by molar-refractivity contribution is 5.71. The van der Waals surface area contributed by atoms with Crippen molar-refractivity contribution in [2.75, 3.05) is 0 Å². The first-order valence-electron chi connectivity index (χ1n) is 10.5. The van der Waals surface area contributed by atoms with Gasteiger partial charge < -0.3 is 14.9 Å². The number of benzene rings is 2. The van der Waals surface area contributed by atoms with Crippen LogP contribution in [0.4, 0.5) is 13.2 Å². The zero-order chi connectivity index (χ0) is 24.2. The van der Waals surface area contributed by atoms with Crippen molar-refractivity contribution < 1.29 is 32.9 Å². The Morgan fingerprint density at radius 1 is 1.06 bits per heavy atom. The molecule has 6 nitrogen and oxygen atoms in total. The third kappa shape index (κ3) is 5.85. The number of carbonyl (C=O) groups is 1. The van der Waals surface area contributed by atoms with E-state index in [4.69, 9.17) is 4.74 Å². The number of rotatable bonds is 9. The summed E-state index contributed by atoms with van der Waals surface area (Å²) in [6.45, 7) is 4.28. The monoisotopic (exact) mass is 462 g/mol. The van der Waals surface area contributed by atoms with Crippen LogP contribution in [-0.4, -0.2) is 26.0 Å². The molecule has 0 bridgehead atoms. The van der Waals surface area contributed by atoms with Crippen molar-refractivity contribution in [3.8, 4) is 11.5 Å². The third-order valence-corrected chi connectivity index (χ3v) is 5.28. The summed E-state index contributed by atoms with van der Waals surface area (Å²) in [5.74, 6) is -1.23. The number of aromatic nitrogens is 2. The minimum atomic E-state index is -4.65. The molecule has 0 aliphatic carbocycles. The number of carboxylic acid groups (broad SMARTS) is 1. The van der Waals surface area contributed by atoms with E-state index < -0.39 is 23.5 Å². The number of carboxylic acids is 1. The molecule has 0 amide bonds. The lowest BCUT2D eigenvalue weighted by atomic mass is 10.1. The maximum absolute atomic E-state index is 12.9. The Labute approximate surface area is 189 Å². The van der Waals surface area contributed by atoms with Gasteiger partial charge in [0.1, 0.15) is 18.1 Å². The number of aromatic hydroxyl groups is 1. The van der Waals surface area contributed by atoms with E-state index in [0.717, 1.165) is 34.6 Å². The van der Waals surface area contributed by atoms with E-state index in [1.54, 1.807) is 12.1 Å². The number of phenolic OH excluding ortho intramolecular Hbond substituents is 1. The Balaban J connectivity index is 1.70. The van der Waals surface area contributed by atoms with E-state index in [9.17, 15) is 28.2 Å². The molecule has 2 N–H and O–H groups in total. The minimum absolute atomic E-state index is 0.0631. The first kappa shape index (κ1) is 24.2. The molecule has 0 fully saturated rings. The number of hydrogen-bond donors (Lipinski definition) is 2. The Morgan fingerprint density at radius 3 is 2.30 bits per heavy atom. The maximum Gasteiger partial charge on any atom is 0.419 e. The average Bonchev–Trinajstić information content (AvgIpc) is 3.08. The molecule has 33 heavy (non-hydrogen) atoms. The van der Waals surface area contributed by atoms with Gasteiger partial charge in [-0.1, -0.05) is 32.0 Å². The first-order chi connectivity index (χ1) is 15.6. The fourth-order valence-corrected chi connectivity index (χ4v) is 3.69. The molecule has 3 rings (SSSR count). The smallest absolute Gasteiger partial charge is 0.419 e. The van der Waals surface area contributed by atoms with Crippen molar-refractivity contribution >= 4 is 5.97 Å². The van der Waals surface area contributed by atoms with Gasteiger partial charge in [0.2, 0.25) is 0 Å². The van der Waals surface area contributed by atoms with Gasteiger partial charge in [-0.2, -0.15) is 18.3 Å². The lowest BCUT2D eigenvalue weighted by Crippen LogP contribution is -2.08. The Morgan fingerprint density at radius 2 is 1.73 bits per heavy atom. The van der Waals surface area contributed by atoms with Gasteiger partial charge in [0.05, 0.1) is 24.2 Å². The summed E-state index contributed by atoms with van der Waals surface area (Å²) in [4.78, 5) is 11.2. The van der Waals surface area contributed by atoms with Crippen LogP contribution in [0, 0.1) is 0 Å². The molecule has 0 atom stereocenters. The van der Waals surface area contributed by atoms with Crippen LogP contribution in [0.3, 0.4) is 0 Å². The summed E-state index contributed by atoms with van der Waals surface area (Å²) in [7, 11) is 0. The highest BCUT2D eigenvalue weighted by Gasteiger charge is 2.34. The van der Waals surface area contributed by atoms with E-state index in [1.165, 1.54) is 6.07 Å². The molecular formula is C24H25F3N2O4. The predicted molar refractivity (Wildman–Crippen MR) is 115 cm³/mol. The molecule has 0 unspecified atom stereocenters. The van der Waals surface area contributed by atoms with Crippen LogP contribution in [0.1, 0.15) is 47.5 Å². The van der Waals surface area contributed by atoms with Crippen molar-refractivity contribution in [3.63, 3.8) is 0 Å². The Kier molecular flexibility index (Phi) is 7.30. The number of aliphatic carboxylic acids is 1. The fourth-order valence-electron chi connectivity index (χ4n) is 3.69. The first-order valence-corrected chi connectivity index (χ1v) is 10.5. The second-order valence-electron chi connectivity index (χ2n) is 7.59. The molecule has 0 aliphatic rings. The lowest BCUT2D eigenvalue weighted by molar-refractivity contribution is -0.139. The minimum Gasteiger partial charge on any atom is -0.507 e. The number of halogens is 3. The van der Waals surface area contributed by atoms with Gasteiger partial charge in [-0.15, -0.1) is 0 Å². The van der Waals surface area contributed by atoms with Gasteiger partial charge in [0, 0.05) is 11.3 Å². The zero-order valence-electron chi connectivity index (χ0n) is 18.3. The summed E-state index contributed by atoms with van der Waals surface area (Å²) in [6.07, 6.45) is -3.41. The molecule has 0 saturated heterocycles. The van der Waals surface area contributed by atoms with Gasteiger partial charge in [-0.05, 0) is 48.2 Å². The van der Waals surface area contributed by atoms with Crippen LogP contribution < -0.4 is 4.74 Å². The van der Waals surface area contributed by atoms with Crippen LogP contribution >= 0.6 is 0 Å². The van der Waals surface area contributed by atoms with Crippen molar-refractivity contribution in [3.05, 3.63) is 76.1 Å². The number of hydrogen-bond acceptors (Lipinski definition) is 4. The molecule has 1 aromatic heterocycles. The van der Waals surface area contributed by atoms with Crippen molar-refractivity contribution in [2.24, 2.45) is 0 Å². The van der Waals surface area contributed by atoms with E-state index in [0.29, 0.717) is 25.1 Å². The van der Waals surface area contributed by atoms with Crippen molar-refractivity contribution in [1.82, 2.24) is 9.78 Å². The third-order valence-electron chi connectivity index (χ3n) is 5.28. The van der Waals surface area contributed by atoms with E-state index >= 15 is 0 Å². The summed E-state index contributed by atoms with van der Waals surface area (Å²) < 4.78 is 46.2. The normalized spacial score (nSPS) is 11.5. The molecular weight excluding hydrogens is 437 g/mol. The molecule has 0 aliphatic heterocycles. The second-order valence-corrected chi connectivity index (χ2v) is 7.59. The Hall–Kier alpha value is -3.49. The topological polar surface area (TPSA) is 84.6 Å². The van der Waals surface area contributed by atoms with Crippen molar-refractivity contribution in [2.45, 2.75) is 52.4 Å². The van der Waals surface area contributed by atoms with Crippen LogP contribution in [0.2, 0.25) is 0 Å². The highest BCUT2D eigenvalue weighted by Crippen LogP contribution is 2.36. The zero-order valence-corrected chi connectivity index (χ0v) is 18.3. The summed E-state index contributed by atoms with van der Waals surface area (Å²) >= 11 is 0. The van der Waals surface area contributed by atoms with Gasteiger partial charge in [0.15, 0.2) is 0 Å². The van der Waals surface area contributed by atoms with Gasteiger partial charge in [-0.25, -0.2) is 0 Å².